The van der Waals surface area contributed by atoms with Crippen molar-refractivity contribution in [3.8, 4) is 0 Å². The van der Waals surface area contributed by atoms with Crippen LogP contribution in [-0.4, -0.2) is 17.1 Å². The molecule has 3 aliphatic rings. The molecule has 1 heteroatoms. The third-order valence-electron chi connectivity index (χ3n) is 5.49. The lowest BCUT2D eigenvalue weighted by atomic mass is 9.74. The van der Waals surface area contributed by atoms with Crippen molar-refractivity contribution in [2.24, 2.45) is 0 Å². The third kappa shape index (κ3) is 1.05. The van der Waals surface area contributed by atoms with E-state index in [1.165, 1.54) is 51.4 Å². The second kappa shape index (κ2) is 2.75. The summed E-state index contributed by atoms with van der Waals surface area (Å²) in [7, 11) is 0. The smallest absolute Gasteiger partial charge is 0.0956 e. The van der Waals surface area contributed by atoms with Gasteiger partial charge in [0.05, 0.1) is 17.1 Å². The first-order valence-corrected chi connectivity index (χ1v) is 6.52. The summed E-state index contributed by atoms with van der Waals surface area (Å²) in [6.07, 6.45) is 12.0. The van der Waals surface area contributed by atoms with Gasteiger partial charge in [-0.1, -0.05) is 0 Å². The van der Waals surface area contributed by atoms with Gasteiger partial charge in [-0.15, -0.1) is 0 Å². The van der Waals surface area contributed by atoms with Gasteiger partial charge < -0.3 is 4.90 Å². The Bertz CT molecular complexity index is 246. The van der Waals surface area contributed by atoms with Crippen LogP contribution in [0.15, 0.2) is 0 Å². The van der Waals surface area contributed by atoms with Crippen molar-refractivity contribution in [2.45, 2.75) is 82.3 Å². The van der Waals surface area contributed by atoms with Gasteiger partial charge in [-0.25, -0.2) is 0 Å². The quantitative estimate of drug-likeness (QED) is 0.601. The highest BCUT2D eigenvalue weighted by atomic mass is 15.3. The van der Waals surface area contributed by atoms with Gasteiger partial charge in [0.2, 0.25) is 0 Å². The average Bonchev–Trinajstić information content (AvgIpc) is 2.46. The van der Waals surface area contributed by atoms with Gasteiger partial charge in [-0.3, -0.25) is 0 Å². The van der Waals surface area contributed by atoms with Crippen molar-refractivity contribution in [3.05, 3.63) is 0 Å². The van der Waals surface area contributed by atoms with Crippen LogP contribution in [0.2, 0.25) is 0 Å². The fourth-order valence-electron chi connectivity index (χ4n) is 5.04. The van der Waals surface area contributed by atoms with Crippen molar-refractivity contribution < 1.29 is 4.90 Å². The maximum Gasteiger partial charge on any atom is 0.0956 e. The third-order valence-corrected chi connectivity index (χ3v) is 5.49. The Hall–Kier alpha value is -0.0400. The molecular weight excluding hydrogens is 170 g/mol. The summed E-state index contributed by atoms with van der Waals surface area (Å²) < 4.78 is 0. The molecule has 4 unspecified atom stereocenters. The Morgan fingerprint density at radius 1 is 0.857 bits per heavy atom. The molecule has 0 saturated carbocycles. The molecule has 3 saturated heterocycles. The topological polar surface area (TPSA) is 4.44 Å². The highest BCUT2D eigenvalue weighted by Crippen LogP contribution is 2.38. The molecule has 0 aromatic heterocycles. The molecule has 14 heavy (non-hydrogen) atoms. The minimum atomic E-state index is 0.659. The predicted molar refractivity (Wildman–Crippen MR) is 58.5 cm³/mol. The van der Waals surface area contributed by atoms with E-state index in [1.807, 2.05) is 4.90 Å². The lowest BCUT2D eigenvalue weighted by molar-refractivity contribution is -1.02. The molecular formula is C13H24N+. The number of nitrogens with one attached hydrogen (secondary N) is 1. The number of hydrogen-bond donors (Lipinski definition) is 1. The van der Waals surface area contributed by atoms with Gasteiger partial charge in [0.25, 0.3) is 0 Å². The summed E-state index contributed by atoms with van der Waals surface area (Å²) in [4.78, 5) is 2.02. The van der Waals surface area contributed by atoms with Crippen LogP contribution in [0, 0.1) is 0 Å². The molecule has 0 bridgehead atoms. The minimum Gasteiger partial charge on any atom is -0.323 e. The van der Waals surface area contributed by atoms with Crippen molar-refractivity contribution in [3.63, 3.8) is 0 Å². The summed E-state index contributed by atoms with van der Waals surface area (Å²) in [5.74, 6) is 0. The van der Waals surface area contributed by atoms with E-state index in [-0.39, 0.29) is 0 Å². The molecule has 3 heterocycles. The summed E-state index contributed by atoms with van der Waals surface area (Å²) >= 11 is 0. The first kappa shape index (κ1) is 9.21. The Morgan fingerprint density at radius 3 is 2.29 bits per heavy atom. The van der Waals surface area contributed by atoms with Crippen LogP contribution >= 0.6 is 0 Å². The van der Waals surface area contributed by atoms with E-state index in [0.29, 0.717) is 11.1 Å². The fourth-order valence-corrected chi connectivity index (χ4v) is 5.04. The predicted octanol–water partition coefficient (Wildman–Crippen LogP) is 1.92. The van der Waals surface area contributed by atoms with E-state index >= 15 is 0 Å². The minimum absolute atomic E-state index is 0.659. The van der Waals surface area contributed by atoms with Gasteiger partial charge in [0.1, 0.15) is 0 Å². The number of hydrogen-bond acceptors (Lipinski definition) is 0. The molecule has 3 rings (SSSR count). The summed E-state index contributed by atoms with van der Waals surface area (Å²) in [6.45, 7) is 5.13. The fraction of sp³-hybridized carbons (Fsp3) is 1.00. The maximum absolute atomic E-state index is 2.57. The maximum atomic E-state index is 2.57. The van der Waals surface area contributed by atoms with Crippen LogP contribution in [0.1, 0.15) is 65.2 Å². The zero-order valence-corrected chi connectivity index (χ0v) is 9.73. The van der Waals surface area contributed by atoms with Crippen molar-refractivity contribution >= 4 is 0 Å². The van der Waals surface area contributed by atoms with Crippen LogP contribution in [-0.2, 0) is 0 Å². The first-order valence-electron chi connectivity index (χ1n) is 6.52. The monoisotopic (exact) mass is 194 g/mol. The van der Waals surface area contributed by atoms with Gasteiger partial charge in [0.15, 0.2) is 0 Å². The molecule has 0 amide bonds. The van der Waals surface area contributed by atoms with Crippen molar-refractivity contribution in [1.82, 2.24) is 0 Å². The Balaban J connectivity index is 1.99. The first-order chi connectivity index (χ1) is 6.64. The SMILES string of the molecule is CC12CCCC3CCC(C)(CCC1)[NH+]32. The highest BCUT2D eigenvalue weighted by molar-refractivity contribution is 4.94. The molecule has 3 fully saturated rings. The van der Waals surface area contributed by atoms with E-state index in [1.54, 1.807) is 0 Å². The molecule has 80 valence electrons. The summed E-state index contributed by atoms with van der Waals surface area (Å²) in [6, 6.07) is 1.03. The second-order valence-electron chi connectivity index (χ2n) is 6.52. The molecule has 3 aliphatic heterocycles. The average molecular weight is 194 g/mol. The van der Waals surface area contributed by atoms with Crippen molar-refractivity contribution in [1.29, 1.82) is 0 Å². The Morgan fingerprint density at radius 2 is 1.50 bits per heavy atom. The molecule has 0 spiro atoms. The van der Waals surface area contributed by atoms with Crippen LogP contribution in [0.25, 0.3) is 0 Å². The van der Waals surface area contributed by atoms with E-state index in [0.717, 1.165) is 6.04 Å². The van der Waals surface area contributed by atoms with Crippen LogP contribution in [0.4, 0.5) is 0 Å². The van der Waals surface area contributed by atoms with Gasteiger partial charge in [0, 0.05) is 32.1 Å². The van der Waals surface area contributed by atoms with Gasteiger partial charge >= 0.3 is 0 Å². The lowest BCUT2D eigenvalue weighted by Crippen LogP contribution is -3.28. The van der Waals surface area contributed by atoms with Crippen molar-refractivity contribution in [2.75, 3.05) is 0 Å². The molecule has 0 aromatic rings. The Labute approximate surface area is 87.9 Å². The number of piperidine rings is 2. The van der Waals surface area contributed by atoms with E-state index in [9.17, 15) is 0 Å². The molecule has 1 nitrogen and oxygen atoms in total. The standard InChI is InChI=1S/C13H23N/c1-12-7-3-5-11-6-10-13(2,14(11)12)9-4-8-12/h11H,3-10H2,1-2H3/p+1. The lowest BCUT2D eigenvalue weighted by Gasteiger charge is -2.53. The summed E-state index contributed by atoms with van der Waals surface area (Å²) in [5, 5.41) is 0. The highest BCUT2D eigenvalue weighted by Gasteiger charge is 2.58. The Kier molecular flexibility index (Phi) is 1.81. The van der Waals surface area contributed by atoms with E-state index in [4.69, 9.17) is 0 Å². The number of quaternary nitrogens is 1. The second-order valence-corrected chi connectivity index (χ2v) is 6.52. The van der Waals surface area contributed by atoms with E-state index in [2.05, 4.69) is 13.8 Å². The molecule has 4 atom stereocenters. The molecule has 0 aliphatic carbocycles. The summed E-state index contributed by atoms with van der Waals surface area (Å²) in [5.41, 5.74) is 1.32. The van der Waals surface area contributed by atoms with Gasteiger partial charge in [-0.05, 0) is 33.1 Å². The molecule has 0 radical (unpaired) electrons. The van der Waals surface area contributed by atoms with Gasteiger partial charge in [-0.2, -0.15) is 0 Å². The normalized spacial score (nSPS) is 57.0. The van der Waals surface area contributed by atoms with E-state index < -0.39 is 0 Å². The van der Waals surface area contributed by atoms with Crippen LogP contribution < -0.4 is 4.90 Å². The zero-order chi connectivity index (χ0) is 9.81. The zero-order valence-electron chi connectivity index (χ0n) is 9.73. The van der Waals surface area contributed by atoms with Crippen LogP contribution in [0.3, 0.4) is 0 Å². The van der Waals surface area contributed by atoms with Crippen LogP contribution in [0.5, 0.6) is 0 Å². The molecule has 0 aromatic carbocycles. The number of rotatable bonds is 0. The molecule has 1 N–H and O–H groups in total. The largest absolute Gasteiger partial charge is 0.323 e.